The summed E-state index contributed by atoms with van der Waals surface area (Å²) in [6, 6.07) is 16.5. The minimum absolute atomic E-state index is 0.0266. The summed E-state index contributed by atoms with van der Waals surface area (Å²) < 4.78 is 10.4. The average molecular weight is 408 g/mol. The molecule has 1 atom stereocenters. The van der Waals surface area contributed by atoms with Crippen LogP contribution in [0.3, 0.4) is 0 Å². The van der Waals surface area contributed by atoms with E-state index in [-0.39, 0.29) is 24.0 Å². The molecule has 7 nitrogen and oxygen atoms in total. The predicted octanol–water partition coefficient (Wildman–Crippen LogP) is 3.60. The Kier molecular flexibility index (Phi) is 6.85. The molecule has 30 heavy (non-hydrogen) atoms. The molecule has 0 aliphatic carbocycles. The molecule has 0 saturated carbocycles. The molecular formula is C23H24N2O5. The zero-order valence-electron chi connectivity index (χ0n) is 16.9. The highest BCUT2D eigenvalue weighted by atomic mass is 16.5. The van der Waals surface area contributed by atoms with Crippen LogP contribution in [0.2, 0.25) is 0 Å². The first kappa shape index (κ1) is 21.1. The largest absolute Gasteiger partial charge is 0.470 e. The molecule has 0 radical (unpaired) electrons. The number of carbonyl (C=O) groups excluding carboxylic acids is 3. The molecule has 2 N–H and O–H groups in total. The number of anilines is 2. The van der Waals surface area contributed by atoms with E-state index in [1.54, 1.807) is 30.3 Å². The molecule has 2 aromatic rings. The maximum absolute atomic E-state index is 12.4. The fourth-order valence-corrected chi connectivity index (χ4v) is 3.02. The van der Waals surface area contributed by atoms with Crippen LogP contribution in [0.5, 0.6) is 0 Å². The summed E-state index contributed by atoms with van der Waals surface area (Å²) in [6.07, 6.45) is 0.926. The fourth-order valence-electron chi connectivity index (χ4n) is 3.02. The third-order valence-corrected chi connectivity index (χ3v) is 4.80. The number of amides is 1. The molecule has 7 heteroatoms. The number of para-hydroxylation sites is 2. The van der Waals surface area contributed by atoms with E-state index in [9.17, 15) is 14.4 Å². The van der Waals surface area contributed by atoms with Crippen LogP contribution in [-0.2, 0) is 23.9 Å². The van der Waals surface area contributed by atoms with Gasteiger partial charge in [0.05, 0.1) is 0 Å². The van der Waals surface area contributed by atoms with Gasteiger partial charge in [0.1, 0.15) is 0 Å². The van der Waals surface area contributed by atoms with Gasteiger partial charge in [0.25, 0.3) is 5.91 Å². The number of ketones is 1. The highest BCUT2D eigenvalue weighted by Gasteiger charge is 2.32. The van der Waals surface area contributed by atoms with E-state index in [0.717, 1.165) is 12.0 Å². The zero-order chi connectivity index (χ0) is 21.5. The third kappa shape index (κ3) is 5.05. The number of rotatable bonds is 8. The molecule has 1 heterocycles. The van der Waals surface area contributed by atoms with Gasteiger partial charge in [-0.25, -0.2) is 4.79 Å². The van der Waals surface area contributed by atoms with E-state index in [1.807, 2.05) is 24.3 Å². The van der Waals surface area contributed by atoms with E-state index in [0.29, 0.717) is 11.4 Å². The van der Waals surface area contributed by atoms with Gasteiger partial charge >= 0.3 is 5.97 Å². The second-order valence-corrected chi connectivity index (χ2v) is 6.93. The topological polar surface area (TPSA) is 93.7 Å². The van der Waals surface area contributed by atoms with Gasteiger partial charge in [0.15, 0.2) is 18.8 Å². The predicted molar refractivity (Wildman–Crippen MR) is 113 cm³/mol. The molecule has 0 bridgehead atoms. The normalized spacial score (nSPS) is 14.1. The van der Waals surface area contributed by atoms with E-state index >= 15 is 0 Å². The number of esters is 1. The van der Waals surface area contributed by atoms with E-state index in [2.05, 4.69) is 24.5 Å². The zero-order valence-corrected chi connectivity index (χ0v) is 16.9. The summed E-state index contributed by atoms with van der Waals surface area (Å²) in [5.41, 5.74) is 2.12. The number of nitrogens with one attached hydrogen (secondary N) is 2. The average Bonchev–Trinajstić information content (AvgIpc) is 3.12. The van der Waals surface area contributed by atoms with E-state index in [4.69, 9.17) is 9.47 Å². The van der Waals surface area contributed by atoms with Crippen molar-refractivity contribution < 1.29 is 23.9 Å². The molecule has 156 valence electrons. The number of carbonyl (C=O) groups is 3. The van der Waals surface area contributed by atoms with Crippen LogP contribution < -0.4 is 10.6 Å². The molecule has 1 amide bonds. The Hall–Kier alpha value is -3.61. The lowest BCUT2D eigenvalue weighted by Crippen LogP contribution is -2.24. The molecule has 0 unspecified atom stereocenters. The van der Waals surface area contributed by atoms with Crippen molar-refractivity contribution in [2.45, 2.75) is 26.2 Å². The minimum atomic E-state index is -0.902. The van der Waals surface area contributed by atoms with Crippen molar-refractivity contribution in [2.24, 2.45) is 0 Å². The van der Waals surface area contributed by atoms with Crippen LogP contribution in [0.15, 0.2) is 66.1 Å². The van der Waals surface area contributed by atoms with Gasteiger partial charge in [-0.3, -0.25) is 9.59 Å². The lowest BCUT2D eigenvalue weighted by atomic mass is 9.97. The van der Waals surface area contributed by atoms with Crippen LogP contribution in [0.4, 0.5) is 11.4 Å². The summed E-state index contributed by atoms with van der Waals surface area (Å²) in [5.74, 6) is -1.58. The number of hydrogen-bond acceptors (Lipinski definition) is 6. The van der Waals surface area contributed by atoms with E-state index in [1.165, 1.54) is 0 Å². The number of benzene rings is 2. The van der Waals surface area contributed by atoms with E-state index < -0.39 is 24.3 Å². The van der Waals surface area contributed by atoms with Crippen molar-refractivity contribution in [3.8, 4) is 0 Å². The lowest BCUT2D eigenvalue weighted by molar-refractivity contribution is -0.144. The number of hydrogen-bond donors (Lipinski definition) is 2. The van der Waals surface area contributed by atoms with Crippen molar-refractivity contribution in [1.29, 1.82) is 0 Å². The molecule has 0 aromatic heterocycles. The van der Waals surface area contributed by atoms with Gasteiger partial charge < -0.3 is 20.1 Å². The first-order valence-electron chi connectivity index (χ1n) is 9.77. The highest BCUT2D eigenvalue weighted by molar-refractivity contribution is 6.20. The first-order valence-corrected chi connectivity index (χ1v) is 9.77. The Morgan fingerprint density at radius 2 is 1.80 bits per heavy atom. The Morgan fingerprint density at radius 3 is 2.53 bits per heavy atom. The molecule has 0 spiro atoms. The highest BCUT2D eigenvalue weighted by Crippen LogP contribution is 2.26. The van der Waals surface area contributed by atoms with Crippen molar-refractivity contribution >= 4 is 29.0 Å². The van der Waals surface area contributed by atoms with Crippen molar-refractivity contribution in [3.05, 3.63) is 71.6 Å². The molecule has 1 aliphatic rings. The first-order chi connectivity index (χ1) is 14.5. The molecular weight excluding hydrogens is 384 g/mol. The Bertz CT molecular complexity index is 969. The Morgan fingerprint density at radius 1 is 1.10 bits per heavy atom. The van der Waals surface area contributed by atoms with Gasteiger partial charge in [-0.2, -0.15) is 0 Å². The summed E-state index contributed by atoms with van der Waals surface area (Å²) in [5, 5.41) is 5.66. The van der Waals surface area contributed by atoms with Crippen LogP contribution in [0.1, 0.15) is 31.7 Å². The second-order valence-electron chi connectivity index (χ2n) is 6.93. The second kappa shape index (κ2) is 9.73. The smallest absolute Gasteiger partial charge is 0.347 e. The van der Waals surface area contributed by atoms with Gasteiger partial charge in [-0.15, -0.1) is 0 Å². The van der Waals surface area contributed by atoms with Crippen molar-refractivity contribution in [3.63, 3.8) is 0 Å². The summed E-state index contributed by atoms with van der Waals surface area (Å²) in [7, 11) is 0. The number of ether oxygens (including phenoxy) is 2. The van der Waals surface area contributed by atoms with Crippen LogP contribution in [0, 0.1) is 0 Å². The minimum Gasteiger partial charge on any atom is -0.470 e. The Balaban J connectivity index is 1.64. The van der Waals surface area contributed by atoms with Gasteiger partial charge in [0, 0.05) is 11.4 Å². The van der Waals surface area contributed by atoms with Gasteiger partial charge in [-0.1, -0.05) is 50.2 Å². The van der Waals surface area contributed by atoms with Crippen LogP contribution >= 0.6 is 0 Å². The SMILES string of the molecule is CC[C@@H](C)c1ccccc1NC(=O)COC(=O)C1=C(Nc2ccccc2)OCC1=O. The van der Waals surface area contributed by atoms with Crippen LogP contribution in [0.25, 0.3) is 0 Å². The summed E-state index contributed by atoms with van der Waals surface area (Å²) in [6.45, 7) is 3.38. The maximum atomic E-state index is 12.4. The Labute approximate surface area is 175 Å². The van der Waals surface area contributed by atoms with Gasteiger partial charge in [-0.05, 0) is 36.1 Å². The molecule has 2 aromatic carbocycles. The number of Topliss-reactive ketones (excluding diaryl/α,β-unsaturated/α-hetero) is 1. The van der Waals surface area contributed by atoms with Crippen LogP contribution in [-0.4, -0.2) is 30.9 Å². The quantitative estimate of drug-likeness (QED) is 0.512. The maximum Gasteiger partial charge on any atom is 0.347 e. The third-order valence-electron chi connectivity index (χ3n) is 4.80. The van der Waals surface area contributed by atoms with Crippen molar-refractivity contribution in [2.75, 3.05) is 23.8 Å². The lowest BCUT2D eigenvalue weighted by Gasteiger charge is -2.15. The molecule has 0 fully saturated rings. The van der Waals surface area contributed by atoms with Gasteiger partial charge in [0.2, 0.25) is 11.7 Å². The molecule has 1 aliphatic heterocycles. The fraction of sp³-hybridized carbons (Fsp3) is 0.261. The summed E-state index contributed by atoms with van der Waals surface area (Å²) in [4.78, 5) is 36.8. The molecule has 3 rings (SSSR count). The van der Waals surface area contributed by atoms with Crippen molar-refractivity contribution in [1.82, 2.24) is 0 Å². The summed E-state index contributed by atoms with van der Waals surface area (Å²) >= 11 is 0. The molecule has 0 saturated heterocycles. The standard InChI is InChI=1S/C23H24N2O5/c1-3-15(2)17-11-7-8-12-18(17)25-20(27)14-30-23(28)21-19(26)13-29-22(21)24-16-9-5-4-6-10-16/h4-12,15,24H,3,13-14H2,1-2H3,(H,25,27)/t15-/m1/s1. The monoisotopic (exact) mass is 408 g/mol.